The van der Waals surface area contributed by atoms with Gasteiger partial charge in [-0.2, -0.15) is 0 Å². The molecule has 19 heavy (non-hydrogen) atoms. The summed E-state index contributed by atoms with van der Waals surface area (Å²) in [4.78, 5) is 5.38. The predicted molar refractivity (Wildman–Crippen MR) is 70.6 cm³/mol. The molecule has 0 aliphatic heterocycles. The molecular formula is C12H8N6O. The lowest BCUT2D eigenvalue weighted by molar-refractivity contribution is 0.483. The summed E-state index contributed by atoms with van der Waals surface area (Å²) >= 11 is 0. The predicted octanol–water partition coefficient (Wildman–Crippen LogP) is 5.36. The highest BCUT2D eigenvalue weighted by Crippen LogP contribution is 2.25. The molecule has 0 aromatic heterocycles. The SMILES string of the molecule is [N-]=[N+]=Nc1ccc(Oc2ccc(N=[N+]=[N-])cc2)cc1. The van der Waals surface area contributed by atoms with Crippen LogP contribution >= 0.6 is 0 Å². The highest BCUT2D eigenvalue weighted by molar-refractivity contribution is 5.45. The molecule has 0 bridgehead atoms. The molecule has 0 radical (unpaired) electrons. The lowest BCUT2D eigenvalue weighted by atomic mass is 10.3. The van der Waals surface area contributed by atoms with Crippen LogP contribution < -0.4 is 4.74 Å². The van der Waals surface area contributed by atoms with Crippen molar-refractivity contribution in [2.75, 3.05) is 0 Å². The topological polar surface area (TPSA) is 107 Å². The van der Waals surface area contributed by atoms with Crippen molar-refractivity contribution in [1.29, 1.82) is 0 Å². The van der Waals surface area contributed by atoms with Crippen molar-refractivity contribution in [1.82, 2.24) is 0 Å². The number of hydrogen-bond acceptors (Lipinski definition) is 3. The largest absolute Gasteiger partial charge is 0.457 e. The zero-order chi connectivity index (χ0) is 13.5. The van der Waals surface area contributed by atoms with Crippen molar-refractivity contribution in [2.45, 2.75) is 0 Å². The van der Waals surface area contributed by atoms with Crippen LogP contribution in [0, 0.1) is 0 Å². The van der Waals surface area contributed by atoms with E-state index < -0.39 is 0 Å². The minimum Gasteiger partial charge on any atom is -0.457 e. The van der Waals surface area contributed by atoms with E-state index in [-0.39, 0.29) is 0 Å². The summed E-state index contributed by atoms with van der Waals surface area (Å²) in [5, 5.41) is 6.93. The second-order valence-electron chi connectivity index (χ2n) is 3.47. The fraction of sp³-hybridized carbons (Fsp3) is 0. The van der Waals surface area contributed by atoms with Gasteiger partial charge < -0.3 is 4.74 Å². The quantitative estimate of drug-likeness (QED) is 0.407. The van der Waals surface area contributed by atoms with Crippen molar-refractivity contribution in [3.63, 3.8) is 0 Å². The van der Waals surface area contributed by atoms with E-state index >= 15 is 0 Å². The lowest BCUT2D eigenvalue weighted by Gasteiger charge is -2.05. The number of nitrogens with zero attached hydrogens (tertiary/aromatic N) is 6. The van der Waals surface area contributed by atoms with Gasteiger partial charge in [0.25, 0.3) is 0 Å². The second kappa shape index (κ2) is 5.97. The van der Waals surface area contributed by atoms with Crippen LogP contribution in [0.3, 0.4) is 0 Å². The average Bonchev–Trinajstić information content (AvgIpc) is 2.44. The third kappa shape index (κ3) is 3.41. The Morgan fingerprint density at radius 2 is 1.05 bits per heavy atom. The Morgan fingerprint density at radius 3 is 1.37 bits per heavy atom. The van der Waals surface area contributed by atoms with Gasteiger partial charge in [-0.25, -0.2) is 0 Å². The molecule has 0 fully saturated rings. The van der Waals surface area contributed by atoms with Crippen molar-refractivity contribution < 1.29 is 4.74 Å². The molecule has 0 saturated carbocycles. The fourth-order valence-corrected chi connectivity index (χ4v) is 1.40. The first-order valence-electron chi connectivity index (χ1n) is 5.30. The number of ether oxygens (including phenoxy) is 1. The zero-order valence-electron chi connectivity index (χ0n) is 9.71. The summed E-state index contributed by atoms with van der Waals surface area (Å²) in [6.07, 6.45) is 0. The van der Waals surface area contributed by atoms with E-state index in [1.54, 1.807) is 48.5 Å². The molecule has 0 amide bonds. The molecule has 0 heterocycles. The average molecular weight is 252 g/mol. The van der Waals surface area contributed by atoms with Gasteiger partial charge in [-0.1, -0.05) is 10.2 Å². The molecule has 7 nitrogen and oxygen atoms in total. The van der Waals surface area contributed by atoms with E-state index in [4.69, 9.17) is 15.8 Å². The lowest BCUT2D eigenvalue weighted by Crippen LogP contribution is -1.82. The van der Waals surface area contributed by atoms with E-state index in [1.807, 2.05) is 0 Å². The van der Waals surface area contributed by atoms with Crippen LogP contribution in [0.15, 0.2) is 58.8 Å². The standard InChI is InChI=1S/C12H8N6O/c13-17-15-9-1-5-11(6-2-9)19-12-7-3-10(4-8-12)16-18-14/h1-8H. The van der Waals surface area contributed by atoms with Crippen molar-refractivity contribution in [2.24, 2.45) is 10.2 Å². The van der Waals surface area contributed by atoms with Crippen LogP contribution in [-0.4, -0.2) is 0 Å². The Labute approximate surface area is 108 Å². The molecule has 0 spiro atoms. The normalized spacial score (nSPS) is 9.05. The molecule has 2 aromatic rings. The van der Waals surface area contributed by atoms with Gasteiger partial charge in [-0.05, 0) is 59.6 Å². The van der Waals surface area contributed by atoms with E-state index in [0.29, 0.717) is 22.9 Å². The van der Waals surface area contributed by atoms with E-state index in [0.717, 1.165) is 0 Å². The molecule has 2 rings (SSSR count). The fourth-order valence-electron chi connectivity index (χ4n) is 1.40. The molecule has 92 valence electrons. The summed E-state index contributed by atoms with van der Waals surface area (Å²) in [6.45, 7) is 0. The van der Waals surface area contributed by atoms with Crippen LogP contribution in [0.5, 0.6) is 11.5 Å². The van der Waals surface area contributed by atoms with Crippen LogP contribution in [0.25, 0.3) is 20.9 Å². The van der Waals surface area contributed by atoms with Gasteiger partial charge >= 0.3 is 0 Å². The third-order valence-corrected chi connectivity index (χ3v) is 2.23. The highest BCUT2D eigenvalue weighted by atomic mass is 16.5. The molecule has 0 unspecified atom stereocenters. The Balaban J connectivity index is 2.11. The Hall–Kier alpha value is -3.14. The summed E-state index contributed by atoms with van der Waals surface area (Å²) in [7, 11) is 0. The summed E-state index contributed by atoms with van der Waals surface area (Å²) < 4.78 is 5.58. The van der Waals surface area contributed by atoms with Gasteiger partial charge in [0.15, 0.2) is 0 Å². The van der Waals surface area contributed by atoms with Gasteiger partial charge in [0.05, 0.1) is 0 Å². The Morgan fingerprint density at radius 1 is 0.684 bits per heavy atom. The van der Waals surface area contributed by atoms with Crippen molar-refractivity contribution in [3.05, 3.63) is 69.4 Å². The van der Waals surface area contributed by atoms with Crippen LogP contribution in [0.4, 0.5) is 11.4 Å². The summed E-state index contributed by atoms with van der Waals surface area (Å²) in [6, 6.07) is 13.4. The number of azide groups is 2. The Kier molecular flexibility index (Phi) is 3.87. The first-order valence-corrected chi connectivity index (χ1v) is 5.30. The van der Waals surface area contributed by atoms with Gasteiger partial charge in [-0.3, -0.25) is 0 Å². The van der Waals surface area contributed by atoms with Crippen molar-refractivity contribution in [3.8, 4) is 11.5 Å². The first kappa shape index (κ1) is 12.3. The van der Waals surface area contributed by atoms with Crippen molar-refractivity contribution >= 4 is 11.4 Å². The molecule has 0 aliphatic rings. The highest BCUT2D eigenvalue weighted by Gasteiger charge is 1.97. The third-order valence-electron chi connectivity index (χ3n) is 2.23. The maximum absolute atomic E-state index is 8.29. The van der Waals surface area contributed by atoms with Gasteiger partial charge in [0, 0.05) is 21.2 Å². The minimum absolute atomic E-state index is 0.522. The maximum atomic E-state index is 8.29. The zero-order valence-corrected chi connectivity index (χ0v) is 9.71. The number of rotatable bonds is 4. The second-order valence-corrected chi connectivity index (χ2v) is 3.47. The summed E-state index contributed by atoms with van der Waals surface area (Å²) in [5.41, 5.74) is 17.6. The van der Waals surface area contributed by atoms with Gasteiger partial charge in [-0.15, -0.1) is 0 Å². The Bertz CT molecular complexity index is 592. The molecule has 0 aliphatic carbocycles. The smallest absolute Gasteiger partial charge is 0.127 e. The molecule has 2 aromatic carbocycles. The first-order chi connectivity index (χ1) is 9.31. The monoisotopic (exact) mass is 252 g/mol. The van der Waals surface area contributed by atoms with Crippen LogP contribution in [0.2, 0.25) is 0 Å². The number of hydrogen-bond donors (Lipinski definition) is 0. The van der Waals surface area contributed by atoms with Gasteiger partial charge in [0.1, 0.15) is 11.5 Å². The minimum atomic E-state index is 0.522. The molecule has 0 atom stereocenters. The molecule has 0 saturated heterocycles. The van der Waals surface area contributed by atoms with E-state index in [1.165, 1.54) is 0 Å². The molecule has 7 heteroatoms. The molecule has 0 N–H and O–H groups in total. The van der Waals surface area contributed by atoms with Crippen LogP contribution in [0.1, 0.15) is 0 Å². The maximum Gasteiger partial charge on any atom is 0.127 e. The van der Waals surface area contributed by atoms with E-state index in [2.05, 4.69) is 20.1 Å². The van der Waals surface area contributed by atoms with Crippen LogP contribution in [-0.2, 0) is 0 Å². The summed E-state index contributed by atoms with van der Waals surface area (Å²) in [5.74, 6) is 1.24. The van der Waals surface area contributed by atoms with E-state index in [9.17, 15) is 0 Å². The molecular weight excluding hydrogens is 244 g/mol. The number of benzene rings is 2. The van der Waals surface area contributed by atoms with Gasteiger partial charge in [0.2, 0.25) is 0 Å².